The highest BCUT2D eigenvalue weighted by Gasteiger charge is 2.15. The van der Waals surface area contributed by atoms with Crippen molar-refractivity contribution in [3.8, 4) is 0 Å². The van der Waals surface area contributed by atoms with E-state index in [0.29, 0.717) is 5.92 Å². The molecule has 0 spiro atoms. The zero-order valence-corrected chi connectivity index (χ0v) is 11.6. The second-order valence-electron chi connectivity index (χ2n) is 3.75. The first kappa shape index (κ1) is 12.7. The van der Waals surface area contributed by atoms with Gasteiger partial charge in [0.1, 0.15) is 0 Å². The van der Waals surface area contributed by atoms with Crippen LogP contribution in [-0.2, 0) is 0 Å². The lowest BCUT2D eigenvalue weighted by molar-refractivity contribution is 0.0932. The van der Waals surface area contributed by atoms with Crippen molar-refractivity contribution in [3.05, 3.63) is 20.8 Å². The molecule has 1 heterocycles. The maximum atomic E-state index is 11.8. The Kier molecular flexibility index (Phi) is 4.80. The summed E-state index contributed by atoms with van der Waals surface area (Å²) in [5.41, 5.74) is 0. The van der Waals surface area contributed by atoms with Crippen LogP contribution in [0.25, 0.3) is 0 Å². The van der Waals surface area contributed by atoms with Gasteiger partial charge in [-0.2, -0.15) is 0 Å². The van der Waals surface area contributed by atoms with Crippen molar-refractivity contribution in [2.24, 2.45) is 5.92 Å². The van der Waals surface area contributed by atoms with Gasteiger partial charge in [0, 0.05) is 6.04 Å². The van der Waals surface area contributed by atoms with Crippen LogP contribution in [0.1, 0.15) is 36.9 Å². The molecule has 1 rings (SSSR count). The lowest BCUT2D eigenvalue weighted by atomic mass is 10.0. The summed E-state index contributed by atoms with van der Waals surface area (Å²) in [4.78, 5) is 12.5. The summed E-state index contributed by atoms with van der Waals surface area (Å²) in [5.74, 6) is 0.538. The van der Waals surface area contributed by atoms with Crippen LogP contribution in [-0.4, -0.2) is 11.9 Å². The van der Waals surface area contributed by atoms with E-state index < -0.39 is 0 Å². The number of rotatable bonds is 4. The molecule has 2 nitrogen and oxygen atoms in total. The summed E-state index contributed by atoms with van der Waals surface area (Å²) >= 11 is 4.81. The Labute approximate surface area is 103 Å². The first-order valence-electron chi connectivity index (χ1n) is 5.10. The standard InChI is InChI=1S/C11H16BrNOS/c1-4-7(2)8(3)13-11(14)9-5-6-10(12)15-9/h5-8H,4H2,1-3H3,(H,13,14). The summed E-state index contributed by atoms with van der Waals surface area (Å²) in [6.45, 7) is 6.33. The zero-order valence-electron chi connectivity index (χ0n) is 9.21. The number of hydrogen-bond donors (Lipinski definition) is 1. The molecule has 0 fully saturated rings. The molecule has 15 heavy (non-hydrogen) atoms. The van der Waals surface area contributed by atoms with Gasteiger partial charge in [-0.1, -0.05) is 20.3 Å². The molecule has 0 aromatic carbocycles. The van der Waals surface area contributed by atoms with Gasteiger partial charge in [0.15, 0.2) is 0 Å². The van der Waals surface area contributed by atoms with E-state index in [9.17, 15) is 4.79 Å². The van der Waals surface area contributed by atoms with Crippen molar-refractivity contribution in [1.29, 1.82) is 0 Å². The van der Waals surface area contributed by atoms with E-state index in [1.54, 1.807) is 0 Å². The fraction of sp³-hybridized carbons (Fsp3) is 0.545. The van der Waals surface area contributed by atoms with Gasteiger partial charge < -0.3 is 5.32 Å². The average Bonchev–Trinajstić information content (AvgIpc) is 2.63. The fourth-order valence-electron chi connectivity index (χ4n) is 1.21. The zero-order chi connectivity index (χ0) is 11.4. The van der Waals surface area contributed by atoms with E-state index in [1.807, 2.05) is 12.1 Å². The third-order valence-corrected chi connectivity index (χ3v) is 4.28. The normalized spacial score (nSPS) is 14.7. The summed E-state index contributed by atoms with van der Waals surface area (Å²) in [7, 11) is 0. The smallest absolute Gasteiger partial charge is 0.261 e. The number of carbonyl (C=O) groups excluding carboxylic acids is 1. The van der Waals surface area contributed by atoms with Crippen LogP contribution in [0, 0.1) is 5.92 Å². The molecule has 0 aliphatic rings. The number of nitrogens with one attached hydrogen (secondary N) is 1. The van der Waals surface area contributed by atoms with Crippen LogP contribution < -0.4 is 5.32 Å². The second-order valence-corrected chi connectivity index (χ2v) is 6.21. The highest BCUT2D eigenvalue weighted by atomic mass is 79.9. The van der Waals surface area contributed by atoms with E-state index in [4.69, 9.17) is 0 Å². The molecular formula is C11H16BrNOS. The molecule has 1 aromatic rings. The maximum Gasteiger partial charge on any atom is 0.261 e. The van der Waals surface area contributed by atoms with E-state index in [-0.39, 0.29) is 11.9 Å². The molecule has 0 saturated carbocycles. The molecule has 1 N–H and O–H groups in total. The quantitative estimate of drug-likeness (QED) is 0.900. The van der Waals surface area contributed by atoms with Crippen molar-refractivity contribution < 1.29 is 4.79 Å². The lowest BCUT2D eigenvalue weighted by Gasteiger charge is -2.19. The van der Waals surface area contributed by atoms with Crippen molar-refractivity contribution in [2.45, 2.75) is 33.2 Å². The predicted octanol–water partition coefficient (Wildman–Crippen LogP) is 3.68. The van der Waals surface area contributed by atoms with Crippen LogP contribution in [0.15, 0.2) is 15.9 Å². The third-order valence-electron chi connectivity index (χ3n) is 2.65. The fourth-order valence-corrected chi connectivity index (χ4v) is 2.50. The molecule has 1 amide bonds. The highest BCUT2D eigenvalue weighted by Crippen LogP contribution is 2.22. The number of carbonyl (C=O) groups is 1. The Morgan fingerprint density at radius 2 is 2.20 bits per heavy atom. The van der Waals surface area contributed by atoms with Crippen molar-refractivity contribution in [2.75, 3.05) is 0 Å². The van der Waals surface area contributed by atoms with Gasteiger partial charge >= 0.3 is 0 Å². The van der Waals surface area contributed by atoms with Gasteiger partial charge in [-0.3, -0.25) is 4.79 Å². The van der Waals surface area contributed by atoms with Gasteiger partial charge in [0.25, 0.3) is 5.91 Å². The van der Waals surface area contributed by atoms with E-state index in [0.717, 1.165) is 15.1 Å². The summed E-state index contributed by atoms with van der Waals surface area (Å²) in [6, 6.07) is 3.96. The number of amides is 1. The average molecular weight is 290 g/mol. The summed E-state index contributed by atoms with van der Waals surface area (Å²) < 4.78 is 0.990. The number of thiophene rings is 1. The van der Waals surface area contributed by atoms with Gasteiger partial charge in [0.05, 0.1) is 8.66 Å². The monoisotopic (exact) mass is 289 g/mol. The molecule has 4 heteroatoms. The Balaban J connectivity index is 2.56. The molecule has 0 aliphatic heterocycles. The first-order valence-corrected chi connectivity index (χ1v) is 6.71. The molecule has 1 aromatic heterocycles. The Bertz CT molecular complexity index is 337. The molecule has 0 radical (unpaired) electrons. The van der Waals surface area contributed by atoms with Crippen molar-refractivity contribution in [3.63, 3.8) is 0 Å². The molecule has 0 saturated heterocycles. The molecule has 0 bridgehead atoms. The number of hydrogen-bond acceptors (Lipinski definition) is 2. The van der Waals surface area contributed by atoms with Crippen LogP contribution in [0.4, 0.5) is 0 Å². The van der Waals surface area contributed by atoms with Crippen molar-refractivity contribution >= 4 is 33.2 Å². The minimum Gasteiger partial charge on any atom is -0.349 e. The molecule has 2 unspecified atom stereocenters. The van der Waals surface area contributed by atoms with Gasteiger partial charge in [0.2, 0.25) is 0 Å². The molecule has 0 aliphatic carbocycles. The Morgan fingerprint density at radius 1 is 1.53 bits per heavy atom. The third kappa shape index (κ3) is 3.61. The van der Waals surface area contributed by atoms with Crippen LogP contribution in [0.3, 0.4) is 0 Å². The SMILES string of the molecule is CCC(C)C(C)NC(=O)c1ccc(Br)s1. The van der Waals surface area contributed by atoms with Gasteiger partial charge in [-0.05, 0) is 40.9 Å². The maximum absolute atomic E-state index is 11.8. The van der Waals surface area contributed by atoms with Crippen LogP contribution in [0.2, 0.25) is 0 Å². The lowest BCUT2D eigenvalue weighted by Crippen LogP contribution is -2.36. The topological polar surface area (TPSA) is 29.1 Å². The number of halogens is 1. The minimum absolute atomic E-state index is 0.0264. The highest BCUT2D eigenvalue weighted by molar-refractivity contribution is 9.11. The summed E-state index contributed by atoms with van der Waals surface area (Å²) in [6.07, 6.45) is 1.08. The van der Waals surface area contributed by atoms with Crippen LogP contribution in [0.5, 0.6) is 0 Å². The van der Waals surface area contributed by atoms with Gasteiger partial charge in [-0.25, -0.2) is 0 Å². The molecular weight excluding hydrogens is 274 g/mol. The van der Waals surface area contributed by atoms with Crippen molar-refractivity contribution in [1.82, 2.24) is 5.32 Å². The van der Waals surface area contributed by atoms with Gasteiger partial charge in [-0.15, -0.1) is 11.3 Å². The second kappa shape index (κ2) is 5.66. The first-order chi connectivity index (χ1) is 7.04. The van der Waals surface area contributed by atoms with E-state index in [2.05, 4.69) is 42.0 Å². The van der Waals surface area contributed by atoms with Crippen LogP contribution >= 0.6 is 27.3 Å². The predicted molar refractivity (Wildman–Crippen MR) is 68.4 cm³/mol. The van der Waals surface area contributed by atoms with E-state index in [1.165, 1.54) is 11.3 Å². The Hall–Kier alpha value is -0.350. The largest absolute Gasteiger partial charge is 0.349 e. The Morgan fingerprint density at radius 3 is 2.67 bits per heavy atom. The molecule has 84 valence electrons. The van der Waals surface area contributed by atoms with E-state index >= 15 is 0 Å². The minimum atomic E-state index is 0.0264. The molecule has 2 atom stereocenters. The summed E-state index contributed by atoms with van der Waals surface area (Å²) in [5, 5.41) is 3.01.